The van der Waals surface area contributed by atoms with Gasteiger partial charge in [-0.15, -0.1) is 0 Å². The van der Waals surface area contributed by atoms with Crippen molar-refractivity contribution in [2.24, 2.45) is 4.99 Å². The number of guanidine groups is 1. The lowest BCUT2D eigenvalue weighted by Crippen LogP contribution is -2.41. The third-order valence-corrected chi connectivity index (χ3v) is 5.29. The molecule has 3 N–H and O–H groups in total. The Hall–Kier alpha value is -2.89. The van der Waals surface area contributed by atoms with E-state index in [1.54, 1.807) is 13.1 Å². The van der Waals surface area contributed by atoms with Crippen LogP contribution < -0.4 is 16.0 Å². The molecule has 0 atom stereocenters. The summed E-state index contributed by atoms with van der Waals surface area (Å²) in [6.45, 7) is 3.24. The fraction of sp³-hybridized carbons (Fsp3) is 0.391. The van der Waals surface area contributed by atoms with Crippen molar-refractivity contribution in [3.05, 3.63) is 65.5 Å². The summed E-state index contributed by atoms with van der Waals surface area (Å²) in [7, 11) is 1.73. The number of nitrogens with one attached hydrogen (secondary N) is 3. The zero-order chi connectivity index (χ0) is 20.7. The maximum absolute atomic E-state index is 14.2. The Morgan fingerprint density at radius 1 is 1.10 bits per heavy atom. The number of carbonyl (C=O) groups excluding carboxylic acids is 1. The first-order valence-electron chi connectivity index (χ1n) is 10.1. The molecule has 1 aliphatic rings. The number of halogens is 1. The first kappa shape index (κ1) is 20.8. The van der Waals surface area contributed by atoms with Gasteiger partial charge < -0.3 is 16.0 Å². The number of nitrogens with zero attached hydrogens (tertiary/aromatic N) is 1. The average molecular weight is 397 g/mol. The summed E-state index contributed by atoms with van der Waals surface area (Å²) >= 11 is 0. The summed E-state index contributed by atoms with van der Waals surface area (Å²) in [5, 5.41) is 9.51. The molecule has 154 valence electrons. The second-order valence-electron chi connectivity index (χ2n) is 7.53. The van der Waals surface area contributed by atoms with Gasteiger partial charge in [0, 0.05) is 37.7 Å². The average Bonchev–Trinajstić information content (AvgIpc) is 3.50. The number of carbonyl (C=O) groups is 1. The second kappa shape index (κ2) is 9.54. The highest BCUT2D eigenvalue weighted by Crippen LogP contribution is 2.48. The molecule has 0 aliphatic heterocycles. The Morgan fingerprint density at radius 3 is 2.45 bits per heavy atom. The molecule has 0 unspecified atom stereocenters. The number of anilines is 1. The minimum Gasteiger partial charge on any atom is -0.356 e. The Kier molecular flexibility index (Phi) is 6.86. The van der Waals surface area contributed by atoms with E-state index in [1.807, 2.05) is 43.3 Å². The molecule has 3 rings (SSSR count). The number of benzene rings is 2. The van der Waals surface area contributed by atoms with Gasteiger partial charge in [-0.3, -0.25) is 9.79 Å². The van der Waals surface area contributed by atoms with Crippen LogP contribution in [0.5, 0.6) is 0 Å². The molecule has 2 aromatic carbocycles. The highest BCUT2D eigenvalue weighted by atomic mass is 19.1. The third-order valence-electron chi connectivity index (χ3n) is 5.29. The van der Waals surface area contributed by atoms with Crippen LogP contribution in [-0.4, -0.2) is 25.5 Å². The van der Waals surface area contributed by atoms with Gasteiger partial charge >= 0.3 is 0 Å². The second-order valence-corrected chi connectivity index (χ2v) is 7.53. The van der Waals surface area contributed by atoms with Gasteiger partial charge in [0.2, 0.25) is 5.91 Å². The number of hydrogen-bond acceptors (Lipinski definition) is 2. The van der Waals surface area contributed by atoms with Crippen molar-refractivity contribution in [2.45, 2.75) is 44.6 Å². The van der Waals surface area contributed by atoms with Crippen molar-refractivity contribution in [3.63, 3.8) is 0 Å². The summed E-state index contributed by atoms with van der Waals surface area (Å²) in [6.07, 6.45) is 3.31. The van der Waals surface area contributed by atoms with E-state index in [9.17, 15) is 9.18 Å². The van der Waals surface area contributed by atoms with Crippen LogP contribution in [0.15, 0.2) is 53.5 Å². The summed E-state index contributed by atoms with van der Waals surface area (Å²) in [4.78, 5) is 15.9. The molecule has 0 bridgehead atoms. The van der Waals surface area contributed by atoms with Crippen molar-refractivity contribution in [1.82, 2.24) is 10.6 Å². The molecular formula is C23H29FN4O. The lowest BCUT2D eigenvalue weighted by Gasteiger charge is -2.19. The third kappa shape index (κ3) is 5.56. The van der Waals surface area contributed by atoms with Gasteiger partial charge in [0.25, 0.3) is 0 Å². The lowest BCUT2D eigenvalue weighted by molar-refractivity contribution is -0.116. The van der Waals surface area contributed by atoms with E-state index in [1.165, 1.54) is 6.07 Å². The normalized spacial score (nSPS) is 14.9. The topological polar surface area (TPSA) is 65.5 Å². The largest absolute Gasteiger partial charge is 0.356 e. The molecule has 6 heteroatoms. The van der Waals surface area contributed by atoms with Crippen LogP contribution in [-0.2, 0) is 16.8 Å². The quantitative estimate of drug-likeness (QED) is 0.467. The van der Waals surface area contributed by atoms with Gasteiger partial charge in [-0.05, 0) is 48.6 Å². The number of rotatable bonds is 8. The van der Waals surface area contributed by atoms with Crippen LogP contribution >= 0.6 is 0 Å². The van der Waals surface area contributed by atoms with E-state index in [0.717, 1.165) is 36.1 Å². The van der Waals surface area contributed by atoms with Crippen molar-refractivity contribution < 1.29 is 9.18 Å². The first-order chi connectivity index (χ1) is 14.1. The van der Waals surface area contributed by atoms with E-state index < -0.39 is 0 Å². The van der Waals surface area contributed by atoms with Gasteiger partial charge in [0.05, 0.1) is 0 Å². The SMILES string of the molecule is CCCC(=O)Nc1ccc(CNC(=NC)NCC2(c3ccccc3F)CC2)cc1. The molecule has 5 nitrogen and oxygen atoms in total. The summed E-state index contributed by atoms with van der Waals surface area (Å²) in [5.74, 6) is 0.584. The molecule has 1 amide bonds. The molecule has 0 heterocycles. The number of amides is 1. The summed E-state index contributed by atoms with van der Waals surface area (Å²) in [6, 6.07) is 14.8. The molecule has 1 aliphatic carbocycles. The molecule has 29 heavy (non-hydrogen) atoms. The highest BCUT2D eigenvalue weighted by molar-refractivity contribution is 5.90. The predicted octanol–water partition coefficient (Wildman–Crippen LogP) is 3.96. The van der Waals surface area contributed by atoms with Crippen molar-refractivity contribution in [1.29, 1.82) is 0 Å². The van der Waals surface area contributed by atoms with Crippen molar-refractivity contribution in [3.8, 4) is 0 Å². The first-order valence-corrected chi connectivity index (χ1v) is 10.1. The maximum Gasteiger partial charge on any atom is 0.224 e. The lowest BCUT2D eigenvalue weighted by atomic mass is 9.95. The van der Waals surface area contributed by atoms with Crippen LogP contribution in [0.3, 0.4) is 0 Å². The van der Waals surface area contributed by atoms with Crippen molar-refractivity contribution >= 4 is 17.6 Å². The smallest absolute Gasteiger partial charge is 0.224 e. The van der Waals surface area contributed by atoms with Gasteiger partial charge in [-0.1, -0.05) is 37.3 Å². The minimum atomic E-state index is -0.138. The molecule has 1 saturated carbocycles. The Morgan fingerprint density at radius 2 is 1.83 bits per heavy atom. The molecule has 0 spiro atoms. The van der Waals surface area contributed by atoms with Crippen molar-refractivity contribution in [2.75, 3.05) is 18.9 Å². The van der Waals surface area contributed by atoms with Crippen LogP contribution in [0.1, 0.15) is 43.7 Å². The van der Waals surface area contributed by atoms with Crippen LogP contribution in [0.4, 0.5) is 10.1 Å². The Labute approximate surface area is 171 Å². The molecule has 0 saturated heterocycles. The highest BCUT2D eigenvalue weighted by Gasteiger charge is 2.45. The van der Waals surface area contributed by atoms with Gasteiger partial charge in [0.15, 0.2) is 5.96 Å². The zero-order valence-corrected chi connectivity index (χ0v) is 17.1. The fourth-order valence-corrected chi connectivity index (χ4v) is 3.40. The molecule has 0 aromatic heterocycles. The van der Waals surface area contributed by atoms with Crippen LogP contribution in [0.25, 0.3) is 0 Å². The minimum absolute atomic E-state index is 0.0341. The van der Waals surface area contributed by atoms with E-state index in [-0.39, 0.29) is 17.1 Å². The van der Waals surface area contributed by atoms with E-state index >= 15 is 0 Å². The monoisotopic (exact) mass is 396 g/mol. The number of aliphatic imine (C=N–C) groups is 1. The standard InChI is InChI=1S/C23H29FN4O/c1-3-6-21(29)28-18-11-9-17(10-12-18)15-26-22(25-2)27-16-23(13-14-23)19-7-4-5-8-20(19)24/h4-5,7-12H,3,6,13-16H2,1-2H3,(H,28,29)(H2,25,26,27). The van der Waals surface area contributed by atoms with E-state index in [4.69, 9.17) is 0 Å². The Bertz CT molecular complexity index is 859. The molecule has 1 fully saturated rings. The molecule has 2 aromatic rings. The molecular weight excluding hydrogens is 367 g/mol. The van der Waals surface area contributed by atoms with Crippen LogP contribution in [0.2, 0.25) is 0 Å². The van der Waals surface area contributed by atoms with E-state index in [2.05, 4.69) is 20.9 Å². The summed E-state index contributed by atoms with van der Waals surface area (Å²) < 4.78 is 14.2. The van der Waals surface area contributed by atoms with Gasteiger partial charge in [0.1, 0.15) is 5.82 Å². The molecule has 0 radical (unpaired) electrons. The predicted molar refractivity (Wildman–Crippen MR) is 115 cm³/mol. The van der Waals surface area contributed by atoms with Crippen LogP contribution in [0, 0.1) is 5.82 Å². The summed E-state index contributed by atoms with van der Waals surface area (Å²) in [5.41, 5.74) is 2.53. The maximum atomic E-state index is 14.2. The zero-order valence-electron chi connectivity index (χ0n) is 17.1. The van der Waals surface area contributed by atoms with Gasteiger partial charge in [-0.25, -0.2) is 4.39 Å². The van der Waals surface area contributed by atoms with E-state index in [0.29, 0.717) is 25.5 Å². The Balaban J connectivity index is 1.50. The fourth-order valence-electron chi connectivity index (χ4n) is 3.40. The number of hydrogen-bond donors (Lipinski definition) is 3. The van der Waals surface area contributed by atoms with Gasteiger partial charge in [-0.2, -0.15) is 0 Å².